The number of hydrogen-bond donors (Lipinski definition) is 1. The second-order valence-electron chi connectivity index (χ2n) is 7.75. The van der Waals surface area contributed by atoms with Gasteiger partial charge in [-0.1, -0.05) is 30.3 Å². The molecule has 1 aromatic heterocycles. The van der Waals surface area contributed by atoms with Crippen molar-refractivity contribution in [2.24, 2.45) is 5.41 Å². The average molecular weight is 373 g/mol. The van der Waals surface area contributed by atoms with Crippen molar-refractivity contribution in [3.05, 3.63) is 52.2 Å². The Balaban J connectivity index is 1.47. The van der Waals surface area contributed by atoms with Gasteiger partial charge in [0.2, 0.25) is 0 Å². The SMILES string of the molecule is Cc1n[nH]c(=O)n1CC1(COCc2ccccc2)CCC2(CC1)OCCO2. The van der Waals surface area contributed by atoms with Gasteiger partial charge in [-0.3, -0.25) is 4.57 Å². The van der Waals surface area contributed by atoms with Crippen LogP contribution in [0, 0.1) is 12.3 Å². The molecule has 0 unspecified atom stereocenters. The molecule has 2 heterocycles. The number of aromatic nitrogens is 3. The number of benzene rings is 1. The summed E-state index contributed by atoms with van der Waals surface area (Å²) in [5, 5.41) is 6.59. The minimum absolute atomic E-state index is 0.131. The molecular formula is C20H27N3O4. The number of hydrogen-bond acceptors (Lipinski definition) is 5. The average Bonchev–Trinajstić information content (AvgIpc) is 3.27. The third kappa shape index (κ3) is 4.00. The van der Waals surface area contributed by atoms with Crippen molar-refractivity contribution in [3.8, 4) is 0 Å². The van der Waals surface area contributed by atoms with Crippen LogP contribution in [0.2, 0.25) is 0 Å². The van der Waals surface area contributed by atoms with E-state index in [1.807, 2.05) is 25.1 Å². The van der Waals surface area contributed by atoms with Gasteiger partial charge in [-0.05, 0) is 25.3 Å². The van der Waals surface area contributed by atoms with Crippen molar-refractivity contribution in [2.45, 2.75) is 51.5 Å². The van der Waals surface area contributed by atoms with Crippen LogP contribution >= 0.6 is 0 Å². The van der Waals surface area contributed by atoms with Crippen molar-refractivity contribution in [2.75, 3.05) is 19.8 Å². The van der Waals surface area contributed by atoms with E-state index in [1.165, 1.54) is 0 Å². The lowest BCUT2D eigenvalue weighted by molar-refractivity contribution is -0.198. The molecule has 1 N–H and O–H groups in total. The van der Waals surface area contributed by atoms with Crippen LogP contribution in [0.15, 0.2) is 35.1 Å². The summed E-state index contributed by atoms with van der Waals surface area (Å²) in [5.74, 6) is 0.273. The molecule has 0 radical (unpaired) electrons. The molecule has 1 spiro atoms. The Labute approximate surface area is 158 Å². The predicted molar refractivity (Wildman–Crippen MR) is 99.2 cm³/mol. The van der Waals surface area contributed by atoms with Crippen LogP contribution in [0.3, 0.4) is 0 Å². The Kier molecular flexibility index (Phi) is 5.16. The highest BCUT2D eigenvalue weighted by Gasteiger charge is 2.46. The van der Waals surface area contributed by atoms with Gasteiger partial charge in [-0.25, -0.2) is 9.89 Å². The summed E-state index contributed by atoms with van der Waals surface area (Å²) in [5.41, 5.74) is 0.857. The quantitative estimate of drug-likeness (QED) is 0.841. The normalized spacial score (nSPS) is 20.9. The standard InChI is InChI=1S/C20H27N3O4/c1-16-21-22-18(24)23(16)14-19(15-25-13-17-5-3-2-4-6-17)7-9-20(10-8-19)26-11-12-27-20/h2-6H,7-15H2,1H3,(H,22,24). The van der Waals surface area contributed by atoms with Crippen LogP contribution in [-0.4, -0.2) is 40.4 Å². The fraction of sp³-hybridized carbons (Fsp3) is 0.600. The van der Waals surface area contributed by atoms with Crippen molar-refractivity contribution >= 4 is 0 Å². The number of H-pyrrole nitrogens is 1. The van der Waals surface area contributed by atoms with Gasteiger partial charge in [0.1, 0.15) is 5.82 Å². The third-order valence-electron chi connectivity index (χ3n) is 5.85. The monoisotopic (exact) mass is 373 g/mol. The molecule has 7 heteroatoms. The maximum atomic E-state index is 12.2. The minimum atomic E-state index is -0.431. The highest BCUT2D eigenvalue weighted by Crippen LogP contribution is 2.46. The highest BCUT2D eigenvalue weighted by molar-refractivity contribution is 5.13. The van der Waals surface area contributed by atoms with E-state index in [4.69, 9.17) is 14.2 Å². The molecule has 1 aliphatic carbocycles. The van der Waals surface area contributed by atoms with Crippen molar-refractivity contribution in [1.82, 2.24) is 14.8 Å². The summed E-state index contributed by atoms with van der Waals surface area (Å²) in [6.45, 7) is 4.94. The Morgan fingerprint density at radius 2 is 1.85 bits per heavy atom. The zero-order chi connectivity index (χ0) is 18.7. The van der Waals surface area contributed by atoms with Crippen LogP contribution in [0.1, 0.15) is 37.1 Å². The summed E-state index contributed by atoms with van der Waals surface area (Å²) in [6.07, 6.45) is 3.43. The van der Waals surface area contributed by atoms with E-state index in [1.54, 1.807) is 4.57 Å². The van der Waals surface area contributed by atoms with Crippen molar-refractivity contribution in [1.29, 1.82) is 0 Å². The molecule has 7 nitrogen and oxygen atoms in total. The van der Waals surface area contributed by atoms with Gasteiger partial charge in [0, 0.05) is 24.8 Å². The third-order valence-corrected chi connectivity index (χ3v) is 5.85. The summed E-state index contributed by atoms with van der Waals surface area (Å²) < 4.78 is 19.6. The Hall–Kier alpha value is -1.96. The maximum absolute atomic E-state index is 12.2. The van der Waals surface area contributed by atoms with Crippen LogP contribution in [0.4, 0.5) is 0 Å². The minimum Gasteiger partial charge on any atom is -0.376 e. The lowest BCUT2D eigenvalue weighted by Crippen LogP contribution is -2.45. The molecule has 2 aliphatic rings. The first kappa shape index (κ1) is 18.4. The second kappa shape index (κ2) is 7.58. The molecular weight excluding hydrogens is 346 g/mol. The molecule has 1 saturated carbocycles. The number of aryl methyl sites for hydroxylation is 1. The second-order valence-corrected chi connectivity index (χ2v) is 7.75. The molecule has 2 aromatic rings. The molecule has 0 atom stereocenters. The predicted octanol–water partition coefficient (Wildman–Crippen LogP) is 2.40. The maximum Gasteiger partial charge on any atom is 0.343 e. The molecule has 146 valence electrons. The Morgan fingerprint density at radius 3 is 2.48 bits per heavy atom. The first-order valence-corrected chi connectivity index (χ1v) is 9.61. The first-order valence-electron chi connectivity index (χ1n) is 9.61. The van der Waals surface area contributed by atoms with Crippen LogP contribution < -0.4 is 5.69 Å². The molecule has 27 heavy (non-hydrogen) atoms. The van der Waals surface area contributed by atoms with Gasteiger partial charge < -0.3 is 14.2 Å². The van der Waals surface area contributed by atoms with Crippen LogP contribution in [0.5, 0.6) is 0 Å². The number of aromatic amines is 1. The molecule has 1 aliphatic heterocycles. The lowest BCUT2D eigenvalue weighted by Gasteiger charge is -2.43. The first-order chi connectivity index (χ1) is 13.1. The Bertz CT molecular complexity index is 798. The van der Waals surface area contributed by atoms with Gasteiger partial charge in [0.15, 0.2) is 5.79 Å². The van der Waals surface area contributed by atoms with Gasteiger partial charge >= 0.3 is 5.69 Å². The molecule has 0 amide bonds. The Morgan fingerprint density at radius 1 is 1.15 bits per heavy atom. The van der Waals surface area contributed by atoms with E-state index in [-0.39, 0.29) is 11.1 Å². The smallest absolute Gasteiger partial charge is 0.343 e. The van der Waals surface area contributed by atoms with Gasteiger partial charge in [0.25, 0.3) is 0 Å². The summed E-state index contributed by atoms with van der Waals surface area (Å²) in [4.78, 5) is 12.2. The molecule has 4 rings (SSSR count). The molecule has 1 aromatic carbocycles. The summed E-state index contributed by atoms with van der Waals surface area (Å²) in [7, 11) is 0. The van der Waals surface area contributed by atoms with Gasteiger partial charge in [0.05, 0.1) is 26.4 Å². The van der Waals surface area contributed by atoms with E-state index in [0.717, 1.165) is 31.2 Å². The van der Waals surface area contributed by atoms with Crippen LogP contribution in [-0.2, 0) is 27.4 Å². The van der Waals surface area contributed by atoms with E-state index in [0.29, 0.717) is 38.8 Å². The van der Waals surface area contributed by atoms with Crippen LogP contribution in [0.25, 0.3) is 0 Å². The van der Waals surface area contributed by atoms with Crippen molar-refractivity contribution < 1.29 is 14.2 Å². The lowest BCUT2D eigenvalue weighted by atomic mass is 9.72. The zero-order valence-corrected chi connectivity index (χ0v) is 15.8. The molecule has 0 bridgehead atoms. The largest absolute Gasteiger partial charge is 0.376 e. The number of nitrogens with zero attached hydrogens (tertiary/aromatic N) is 2. The van der Waals surface area contributed by atoms with E-state index in [2.05, 4.69) is 22.3 Å². The van der Waals surface area contributed by atoms with E-state index in [9.17, 15) is 4.79 Å². The molecule has 1 saturated heterocycles. The van der Waals surface area contributed by atoms with E-state index >= 15 is 0 Å². The highest BCUT2D eigenvalue weighted by atomic mass is 16.7. The van der Waals surface area contributed by atoms with Gasteiger partial charge in [-0.2, -0.15) is 5.10 Å². The number of ether oxygens (including phenoxy) is 3. The van der Waals surface area contributed by atoms with Gasteiger partial charge in [-0.15, -0.1) is 0 Å². The fourth-order valence-corrected chi connectivity index (χ4v) is 4.17. The number of nitrogens with one attached hydrogen (secondary N) is 1. The van der Waals surface area contributed by atoms with E-state index < -0.39 is 5.79 Å². The summed E-state index contributed by atoms with van der Waals surface area (Å²) >= 11 is 0. The fourth-order valence-electron chi connectivity index (χ4n) is 4.17. The summed E-state index contributed by atoms with van der Waals surface area (Å²) in [6, 6.07) is 10.2. The van der Waals surface area contributed by atoms with Crippen molar-refractivity contribution in [3.63, 3.8) is 0 Å². The topological polar surface area (TPSA) is 78.4 Å². The molecule has 2 fully saturated rings. The number of rotatable bonds is 6. The zero-order valence-electron chi connectivity index (χ0n) is 15.8.